The van der Waals surface area contributed by atoms with Gasteiger partial charge >= 0.3 is 0 Å². The van der Waals surface area contributed by atoms with Crippen molar-refractivity contribution in [3.8, 4) is 0 Å². The molecular formula is C18H12N4OS2. The highest BCUT2D eigenvalue weighted by Crippen LogP contribution is 2.33. The number of carbonyl (C=O) groups is 1. The van der Waals surface area contributed by atoms with Crippen LogP contribution in [0.4, 0.5) is 5.13 Å². The molecule has 0 fully saturated rings. The van der Waals surface area contributed by atoms with Gasteiger partial charge in [0.1, 0.15) is 5.52 Å². The van der Waals surface area contributed by atoms with Gasteiger partial charge in [-0.3, -0.25) is 10.1 Å². The minimum absolute atomic E-state index is 0.156. The topological polar surface area (TPSA) is 59.8 Å². The van der Waals surface area contributed by atoms with Gasteiger partial charge in [-0.15, -0.1) is 11.3 Å². The minimum atomic E-state index is -0.156. The van der Waals surface area contributed by atoms with Crippen molar-refractivity contribution in [3.63, 3.8) is 0 Å². The standard InChI is InChI=1S/C18H12N4OS2/c1-22-7-6-10-2-3-11(8-13(10)22)17(23)21-18-20-12-4-5-14-15(16(12)25-18)19-9-24-14/h2-9H,1H3,(H,20,21,23). The first-order valence-electron chi connectivity index (χ1n) is 7.68. The number of nitrogens with one attached hydrogen (secondary N) is 1. The molecule has 0 saturated carbocycles. The van der Waals surface area contributed by atoms with E-state index in [1.165, 1.54) is 11.3 Å². The van der Waals surface area contributed by atoms with Crippen LogP contribution in [0.1, 0.15) is 10.4 Å². The molecule has 0 bridgehead atoms. The average molecular weight is 364 g/mol. The predicted octanol–water partition coefficient (Wildman–Crippen LogP) is 4.65. The van der Waals surface area contributed by atoms with Crippen molar-refractivity contribution in [3.05, 3.63) is 53.7 Å². The Morgan fingerprint density at radius 1 is 1.20 bits per heavy atom. The smallest absolute Gasteiger partial charge is 0.257 e. The largest absolute Gasteiger partial charge is 0.351 e. The Kier molecular flexibility index (Phi) is 3.13. The van der Waals surface area contributed by atoms with E-state index in [9.17, 15) is 4.79 Å². The monoisotopic (exact) mass is 364 g/mol. The van der Waals surface area contributed by atoms with Crippen molar-refractivity contribution < 1.29 is 4.79 Å². The van der Waals surface area contributed by atoms with Gasteiger partial charge in [-0.05, 0) is 35.7 Å². The first-order valence-corrected chi connectivity index (χ1v) is 9.38. The summed E-state index contributed by atoms with van der Waals surface area (Å²) in [6.07, 6.45) is 1.99. The molecule has 0 aliphatic heterocycles. The zero-order valence-corrected chi connectivity index (χ0v) is 14.8. The minimum Gasteiger partial charge on any atom is -0.351 e. The summed E-state index contributed by atoms with van der Waals surface area (Å²) in [6.45, 7) is 0. The summed E-state index contributed by atoms with van der Waals surface area (Å²) in [7, 11) is 1.97. The highest BCUT2D eigenvalue weighted by Gasteiger charge is 2.13. The molecule has 1 N–H and O–H groups in total. The van der Waals surface area contributed by atoms with Gasteiger partial charge in [-0.2, -0.15) is 0 Å². The summed E-state index contributed by atoms with van der Waals surface area (Å²) >= 11 is 3.06. The Balaban J connectivity index is 1.52. The molecule has 0 spiro atoms. The van der Waals surface area contributed by atoms with Gasteiger partial charge in [0.25, 0.3) is 5.91 Å². The Hall–Kier alpha value is -2.77. The fourth-order valence-corrected chi connectivity index (χ4v) is 4.65. The number of benzene rings is 2. The third-order valence-electron chi connectivity index (χ3n) is 4.23. The number of hydrogen-bond donors (Lipinski definition) is 1. The van der Waals surface area contributed by atoms with Crippen LogP contribution in [0.15, 0.2) is 48.1 Å². The zero-order valence-electron chi connectivity index (χ0n) is 13.2. The Labute approximate surface area is 150 Å². The zero-order chi connectivity index (χ0) is 17.0. The van der Waals surface area contributed by atoms with Gasteiger partial charge in [0.05, 0.1) is 20.4 Å². The molecule has 0 atom stereocenters. The molecule has 0 unspecified atom stereocenters. The third kappa shape index (κ3) is 2.32. The highest BCUT2D eigenvalue weighted by atomic mass is 32.1. The van der Waals surface area contributed by atoms with E-state index >= 15 is 0 Å². The molecular weight excluding hydrogens is 352 g/mol. The van der Waals surface area contributed by atoms with Gasteiger partial charge in [0.2, 0.25) is 0 Å². The van der Waals surface area contributed by atoms with Gasteiger partial charge < -0.3 is 4.57 Å². The summed E-state index contributed by atoms with van der Waals surface area (Å²) < 4.78 is 4.14. The van der Waals surface area contributed by atoms with E-state index in [0.29, 0.717) is 10.7 Å². The number of carbonyl (C=O) groups excluding carboxylic acids is 1. The summed E-state index contributed by atoms with van der Waals surface area (Å²) in [5.74, 6) is -0.156. The van der Waals surface area contributed by atoms with Crippen molar-refractivity contribution in [1.29, 1.82) is 0 Å². The Bertz CT molecular complexity index is 1260. The molecule has 7 heteroatoms. The molecule has 122 valence electrons. The maximum Gasteiger partial charge on any atom is 0.257 e. The Morgan fingerprint density at radius 3 is 3.04 bits per heavy atom. The van der Waals surface area contributed by atoms with E-state index in [-0.39, 0.29) is 5.91 Å². The van der Waals surface area contributed by atoms with E-state index in [1.807, 2.05) is 59.7 Å². The van der Waals surface area contributed by atoms with Crippen LogP contribution in [-0.2, 0) is 7.05 Å². The second-order valence-corrected chi connectivity index (χ2v) is 7.67. The fraction of sp³-hybridized carbons (Fsp3) is 0.0556. The fourth-order valence-electron chi connectivity index (χ4n) is 2.94. The first kappa shape index (κ1) is 14.6. The van der Waals surface area contributed by atoms with Gasteiger partial charge in [0.15, 0.2) is 5.13 Å². The van der Waals surface area contributed by atoms with Crippen LogP contribution in [0.3, 0.4) is 0 Å². The van der Waals surface area contributed by atoms with Gasteiger partial charge in [-0.1, -0.05) is 17.4 Å². The normalized spacial score (nSPS) is 11.6. The van der Waals surface area contributed by atoms with Crippen LogP contribution in [0, 0.1) is 0 Å². The number of thiazole rings is 2. The van der Waals surface area contributed by atoms with E-state index in [2.05, 4.69) is 15.3 Å². The van der Waals surface area contributed by atoms with Crippen LogP contribution < -0.4 is 5.32 Å². The third-order valence-corrected chi connectivity index (χ3v) is 6.01. The maximum absolute atomic E-state index is 12.6. The van der Waals surface area contributed by atoms with Crippen molar-refractivity contribution in [2.45, 2.75) is 0 Å². The van der Waals surface area contributed by atoms with E-state index in [0.717, 1.165) is 31.3 Å². The summed E-state index contributed by atoms with van der Waals surface area (Å²) in [4.78, 5) is 21.5. The van der Waals surface area contributed by atoms with Crippen molar-refractivity contribution in [2.24, 2.45) is 7.05 Å². The predicted molar refractivity (Wildman–Crippen MR) is 104 cm³/mol. The molecule has 5 rings (SSSR count). The highest BCUT2D eigenvalue weighted by molar-refractivity contribution is 7.24. The molecule has 0 aliphatic carbocycles. The second kappa shape index (κ2) is 5.37. The lowest BCUT2D eigenvalue weighted by molar-refractivity contribution is 0.102. The van der Waals surface area contributed by atoms with Crippen LogP contribution in [0.2, 0.25) is 0 Å². The van der Waals surface area contributed by atoms with Crippen molar-refractivity contribution in [1.82, 2.24) is 14.5 Å². The Morgan fingerprint density at radius 2 is 2.12 bits per heavy atom. The lowest BCUT2D eigenvalue weighted by Crippen LogP contribution is -2.11. The van der Waals surface area contributed by atoms with E-state index in [1.54, 1.807) is 11.3 Å². The molecule has 2 aromatic carbocycles. The number of amides is 1. The van der Waals surface area contributed by atoms with Gasteiger partial charge in [0, 0.05) is 24.3 Å². The van der Waals surface area contributed by atoms with E-state index in [4.69, 9.17) is 0 Å². The lowest BCUT2D eigenvalue weighted by atomic mass is 10.1. The molecule has 0 saturated heterocycles. The average Bonchev–Trinajstić information content (AvgIpc) is 3.32. The number of anilines is 1. The molecule has 0 aliphatic rings. The molecule has 1 amide bonds. The van der Waals surface area contributed by atoms with Crippen LogP contribution >= 0.6 is 22.7 Å². The number of fused-ring (bicyclic) bond motifs is 4. The maximum atomic E-state index is 12.6. The molecule has 5 nitrogen and oxygen atoms in total. The van der Waals surface area contributed by atoms with Crippen LogP contribution in [0.25, 0.3) is 31.3 Å². The number of aryl methyl sites for hydroxylation is 1. The van der Waals surface area contributed by atoms with Crippen LogP contribution in [-0.4, -0.2) is 20.4 Å². The summed E-state index contributed by atoms with van der Waals surface area (Å²) in [5.41, 5.74) is 5.28. The van der Waals surface area contributed by atoms with Gasteiger partial charge in [-0.25, -0.2) is 9.97 Å². The summed E-state index contributed by atoms with van der Waals surface area (Å²) in [5, 5.41) is 4.62. The van der Waals surface area contributed by atoms with Crippen molar-refractivity contribution >= 4 is 65.0 Å². The van der Waals surface area contributed by atoms with Crippen molar-refractivity contribution in [2.75, 3.05) is 5.32 Å². The van der Waals surface area contributed by atoms with Crippen LogP contribution in [0.5, 0.6) is 0 Å². The van der Waals surface area contributed by atoms with E-state index < -0.39 is 0 Å². The lowest BCUT2D eigenvalue weighted by Gasteiger charge is -2.03. The molecule has 0 radical (unpaired) electrons. The number of hydrogen-bond acceptors (Lipinski definition) is 5. The number of aromatic nitrogens is 3. The molecule has 5 aromatic rings. The first-order chi connectivity index (χ1) is 12.2. The summed E-state index contributed by atoms with van der Waals surface area (Å²) in [6, 6.07) is 11.7. The quantitative estimate of drug-likeness (QED) is 0.496. The second-order valence-electron chi connectivity index (χ2n) is 5.79. The SMILES string of the molecule is Cn1ccc2ccc(C(=O)Nc3nc4ccc5scnc5c4s3)cc21. The number of rotatable bonds is 2. The molecule has 3 heterocycles. The number of nitrogens with zero attached hydrogens (tertiary/aromatic N) is 3. The molecule has 3 aromatic heterocycles. The molecule has 25 heavy (non-hydrogen) atoms.